The van der Waals surface area contributed by atoms with E-state index in [1.807, 2.05) is 19.0 Å². The second-order valence-corrected chi connectivity index (χ2v) is 7.06. The number of ether oxygens (including phenoxy) is 1. The predicted octanol–water partition coefficient (Wildman–Crippen LogP) is 2.85. The van der Waals surface area contributed by atoms with Crippen molar-refractivity contribution in [2.45, 2.75) is 0 Å². The van der Waals surface area contributed by atoms with E-state index in [1.54, 1.807) is 18.2 Å². The molecule has 0 bridgehead atoms. The van der Waals surface area contributed by atoms with Crippen LogP contribution in [0.15, 0.2) is 35.1 Å². The lowest BCUT2D eigenvalue weighted by Gasteiger charge is -2.09. The number of hydrogen-bond acceptors (Lipinski definition) is 6. The van der Waals surface area contributed by atoms with Gasteiger partial charge in [0.1, 0.15) is 23.9 Å². The van der Waals surface area contributed by atoms with Crippen molar-refractivity contribution < 1.29 is 18.3 Å². The van der Waals surface area contributed by atoms with E-state index in [4.69, 9.17) is 4.74 Å². The number of rotatable bonds is 5. The van der Waals surface area contributed by atoms with Gasteiger partial charge >= 0.3 is 6.09 Å². The minimum Gasteiger partial charge on any atom is -0.448 e. The van der Waals surface area contributed by atoms with Crippen LogP contribution in [0.3, 0.4) is 0 Å². The van der Waals surface area contributed by atoms with Crippen LogP contribution in [-0.4, -0.2) is 58.4 Å². The Bertz CT molecular complexity index is 1350. The molecule has 0 saturated heterocycles. The lowest BCUT2D eigenvalue weighted by molar-refractivity contribution is 0.151. The molecule has 0 atom stereocenters. The van der Waals surface area contributed by atoms with Crippen LogP contribution in [0, 0.1) is 11.6 Å². The van der Waals surface area contributed by atoms with Crippen LogP contribution in [-0.2, 0) is 4.74 Å². The van der Waals surface area contributed by atoms with Crippen LogP contribution in [0.5, 0.6) is 0 Å². The van der Waals surface area contributed by atoms with Crippen molar-refractivity contribution in [3.63, 3.8) is 0 Å². The summed E-state index contributed by atoms with van der Waals surface area (Å²) < 4.78 is 33.7. The number of nitrogens with one attached hydrogen (secondary N) is 3. The molecule has 160 valence electrons. The molecule has 2 aromatic carbocycles. The van der Waals surface area contributed by atoms with Crippen LogP contribution < -0.4 is 10.9 Å². The molecule has 1 amide bonds. The number of halogens is 2. The summed E-state index contributed by atoms with van der Waals surface area (Å²) in [5.74, 6) is -1.45. The van der Waals surface area contributed by atoms with Gasteiger partial charge < -0.3 is 14.6 Å². The van der Waals surface area contributed by atoms with E-state index in [-0.39, 0.29) is 23.6 Å². The molecule has 2 aromatic heterocycles. The number of hydrogen-bond donors (Lipinski definition) is 3. The average Bonchev–Trinajstić information content (AvgIpc) is 3.11. The number of aromatic nitrogens is 4. The second-order valence-electron chi connectivity index (χ2n) is 7.06. The number of benzene rings is 2. The van der Waals surface area contributed by atoms with Crippen molar-refractivity contribution in [2.24, 2.45) is 0 Å². The van der Waals surface area contributed by atoms with Crippen molar-refractivity contribution >= 4 is 33.8 Å². The van der Waals surface area contributed by atoms with E-state index in [2.05, 4.69) is 25.5 Å². The van der Waals surface area contributed by atoms with E-state index in [0.717, 1.165) is 12.1 Å². The third-order valence-corrected chi connectivity index (χ3v) is 4.59. The van der Waals surface area contributed by atoms with Crippen molar-refractivity contribution in [1.29, 1.82) is 0 Å². The van der Waals surface area contributed by atoms with Gasteiger partial charge in [0, 0.05) is 12.1 Å². The highest BCUT2D eigenvalue weighted by atomic mass is 19.1. The number of carbonyl (C=O) groups is 1. The molecular formula is C20H18F2N6O3. The first kappa shape index (κ1) is 20.4. The average molecular weight is 428 g/mol. The fraction of sp³-hybridized carbons (Fsp3) is 0.200. The highest BCUT2D eigenvalue weighted by Gasteiger charge is 2.17. The maximum absolute atomic E-state index is 14.5. The zero-order valence-corrected chi connectivity index (χ0v) is 16.6. The number of anilines is 1. The number of likely N-dealkylation sites (N-methyl/N-ethyl adjacent to an activating group) is 1. The molecule has 2 heterocycles. The topological polar surface area (TPSA) is 116 Å². The molecule has 4 rings (SSSR count). The molecule has 0 unspecified atom stereocenters. The molecule has 9 nitrogen and oxygen atoms in total. The van der Waals surface area contributed by atoms with E-state index in [9.17, 15) is 18.4 Å². The summed E-state index contributed by atoms with van der Waals surface area (Å²) in [6, 6.07) is 6.68. The Balaban J connectivity index is 1.67. The molecule has 0 radical (unpaired) electrons. The summed E-state index contributed by atoms with van der Waals surface area (Å²) in [6.45, 7) is 0.796. The molecule has 0 fully saturated rings. The third kappa shape index (κ3) is 4.08. The van der Waals surface area contributed by atoms with Crippen molar-refractivity contribution in [3.8, 4) is 11.3 Å². The Kier molecular flexibility index (Phi) is 5.34. The summed E-state index contributed by atoms with van der Waals surface area (Å²) >= 11 is 0. The van der Waals surface area contributed by atoms with Gasteiger partial charge in [-0.15, -0.1) is 0 Å². The Hall–Kier alpha value is -3.86. The Labute approximate surface area is 174 Å². The third-order valence-electron chi connectivity index (χ3n) is 4.59. The summed E-state index contributed by atoms with van der Waals surface area (Å²) in [4.78, 5) is 32.9. The number of H-pyrrole nitrogens is 2. The summed E-state index contributed by atoms with van der Waals surface area (Å²) in [6.07, 6.45) is -0.660. The van der Waals surface area contributed by atoms with E-state index in [1.165, 1.54) is 0 Å². The van der Waals surface area contributed by atoms with Gasteiger partial charge in [-0.1, -0.05) is 6.07 Å². The lowest BCUT2D eigenvalue weighted by atomic mass is 10.0. The second kappa shape index (κ2) is 8.11. The first-order valence-electron chi connectivity index (χ1n) is 9.28. The standard InChI is InChI=1S/C20H18F2N6O3/c1-28(2)7-8-31-20(30)25-19-23-13-6-3-10(9-14(13)24-19)17-15-11(21)4-5-12(22)16(15)18(29)27-26-17/h3-6,9H,7-8H2,1-2H3,(H,27,29)(H2,23,24,25,30). The largest absolute Gasteiger partial charge is 0.448 e. The van der Waals surface area contributed by atoms with Gasteiger partial charge in [-0.2, -0.15) is 5.10 Å². The van der Waals surface area contributed by atoms with Crippen molar-refractivity contribution in [3.05, 3.63) is 52.3 Å². The predicted molar refractivity (Wildman–Crippen MR) is 111 cm³/mol. The summed E-state index contributed by atoms with van der Waals surface area (Å²) in [5.41, 5.74) is 0.682. The molecule has 11 heteroatoms. The zero-order valence-electron chi connectivity index (χ0n) is 16.6. The normalized spacial score (nSPS) is 11.4. The Morgan fingerprint density at radius 1 is 1.16 bits per heavy atom. The summed E-state index contributed by atoms with van der Waals surface area (Å²) in [7, 11) is 3.72. The van der Waals surface area contributed by atoms with Crippen molar-refractivity contribution in [2.75, 3.05) is 32.6 Å². The quantitative estimate of drug-likeness (QED) is 0.450. The van der Waals surface area contributed by atoms with Crippen LogP contribution in [0.2, 0.25) is 0 Å². The Morgan fingerprint density at radius 2 is 1.90 bits per heavy atom. The minimum absolute atomic E-state index is 0.0640. The fourth-order valence-corrected chi connectivity index (χ4v) is 3.10. The van der Waals surface area contributed by atoms with Crippen LogP contribution in [0.25, 0.3) is 33.1 Å². The maximum atomic E-state index is 14.5. The van der Waals surface area contributed by atoms with E-state index >= 15 is 0 Å². The monoisotopic (exact) mass is 428 g/mol. The number of fused-ring (bicyclic) bond motifs is 2. The molecule has 3 N–H and O–H groups in total. The minimum atomic E-state index is -0.846. The Morgan fingerprint density at radius 3 is 2.65 bits per heavy atom. The molecule has 0 aliphatic carbocycles. The molecule has 0 aliphatic heterocycles. The molecule has 0 saturated carbocycles. The van der Waals surface area contributed by atoms with Gasteiger partial charge in [0.25, 0.3) is 5.56 Å². The molecular weight excluding hydrogens is 410 g/mol. The lowest BCUT2D eigenvalue weighted by Crippen LogP contribution is -2.22. The first-order valence-corrected chi connectivity index (χ1v) is 9.28. The smallest absolute Gasteiger partial charge is 0.414 e. The molecule has 31 heavy (non-hydrogen) atoms. The van der Waals surface area contributed by atoms with Gasteiger partial charge in [0.05, 0.1) is 21.8 Å². The molecule has 4 aromatic rings. The molecule has 0 aliphatic rings. The van der Waals surface area contributed by atoms with Crippen molar-refractivity contribution in [1.82, 2.24) is 25.1 Å². The maximum Gasteiger partial charge on any atom is 0.414 e. The van der Waals surface area contributed by atoms with Gasteiger partial charge in [0.15, 0.2) is 0 Å². The van der Waals surface area contributed by atoms with E-state index in [0.29, 0.717) is 23.1 Å². The van der Waals surface area contributed by atoms with Crippen LogP contribution in [0.1, 0.15) is 0 Å². The van der Waals surface area contributed by atoms with Crippen LogP contribution in [0.4, 0.5) is 19.5 Å². The highest BCUT2D eigenvalue weighted by Crippen LogP contribution is 2.30. The fourth-order valence-electron chi connectivity index (χ4n) is 3.10. The van der Waals surface area contributed by atoms with E-state index < -0.39 is 28.7 Å². The SMILES string of the molecule is CN(C)CCOC(=O)Nc1nc2cc(-c3n[nH]c(=O)c4c(F)ccc(F)c34)ccc2[nH]1. The number of imidazole rings is 1. The number of nitrogens with zero attached hydrogens (tertiary/aromatic N) is 3. The van der Waals surface area contributed by atoms with Gasteiger partial charge in [0.2, 0.25) is 5.95 Å². The van der Waals surface area contributed by atoms with Gasteiger partial charge in [-0.3, -0.25) is 10.1 Å². The van der Waals surface area contributed by atoms with Gasteiger partial charge in [-0.25, -0.2) is 23.7 Å². The number of aromatic amines is 2. The zero-order chi connectivity index (χ0) is 22.1. The highest BCUT2D eigenvalue weighted by molar-refractivity contribution is 5.96. The number of carbonyl (C=O) groups excluding carboxylic acids is 1. The first-order chi connectivity index (χ1) is 14.8. The van der Waals surface area contributed by atoms with Gasteiger partial charge in [-0.05, 0) is 38.4 Å². The number of amides is 1. The van der Waals surface area contributed by atoms with Crippen LogP contribution >= 0.6 is 0 Å². The summed E-state index contributed by atoms with van der Waals surface area (Å²) in [5, 5.41) is 7.98. The molecule has 0 spiro atoms.